The van der Waals surface area contributed by atoms with Crippen LogP contribution in [-0.4, -0.2) is 15.0 Å². The summed E-state index contributed by atoms with van der Waals surface area (Å²) in [5.74, 6) is 1.91. The van der Waals surface area contributed by atoms with Gasteiger partial charge in [-0.3, -0.25) is 0 Å². The number of fused-ring (bicyclic) bond motifs is 3. The van der Waals surface area contributed by atoms with E-state index in [2.05, 4.69) is 206 Å². The van der Waals surface area contributed by atoms with Gasteiger partial charge in [0.05, 0.1) is 0 Å². The molecule has 0 spiro atoms. The van der Waals surface area contributed by atoms with E-state index < -0.39 is 0 Å². The number of rotatable bonds is 7. The second-order valence-electron chi connectivity index (χ2n) is 14.0. The molecular formula is C53H35N3. The highest BCUT2D eigenvalue weighted by atomic mass is 15.0. The number of aromatic nitrogens is 3. The quantitative estimate of drug-likeness (QED) is 0.154. The first-order valence-corrected chi connectivity index (χ1v) is 18.9. The van der Waals surface area contributed by atoms with E-state index in [0.717, 1.165) is 44.2 Å². The Bertz CT molecular complexity index is 2920. The van der Waals surface area contributed by atoms with Gasteiger partial charge in [-0.2, -0.15) is 0 Å². The van der Waals surface area contributed by atoms with Gasteiger partial charge < -0.3 is 0 Å². The lowest BCUT2D eigenvalue weighted by Crippen LogP contribution is -2.01. The smallest absolute Gasteiger partial charge is 0.164 e. The first kappa shape index (κ1) is 33.1. The van der Waals surface area contributed by atoms with Gasteiger partial charge >= 0.3 is 0 Å². The summed E-state index contributed by atoms with van der Waals surface area (Å²) in [6, 6.07) is 74.8. The van der Waals surface area contributed by atoms with E-state index in [0.29, 0.717) is 17.5 Å². The summed E-state index contributed by atoms with van der Waals surface area (Å²) >= 11 is 0. The van der Waals surface area contributed by atoms with Crippen LogP contribution in [0.25, 0.3) is 100 Å². The fourth-order valence-corrected chi connectivity index (χ4v) is 7.64. The highest BCUT2D eigenvalue weighted by Gasteiger charge is 2.17. The normalized spacial score (nSPS) is 11.2. The van der Waals surface area contributed by atoms with Crippen molar-refractivity contribution in [3.8, 4) is 78.7 Å². The topological polar surface area (TPSA) is 38.7 Å². The number of benzene rings is 9. The summed E-state index contributed by atoms with van der Waals surface area (Å²) in [6.07, 6.45) is 0. The lowest BCUT2D eigenvalue weighted by atomic mass is 9.93. The third-order valence-corrected chi connectivity index (χ3v) is 10.5. The van der Waals surface area contributed by atoms with Crippen LogP contribution in [0.4, 0.5) is 0 Å². The standard InChI is InChI=1S/C53H35N3/c1-4-14-36(15-5-1)39-24-28-41(29-25-39)51-54-52(56-53(55-51)50-35-43-20-10-11-21-47(43)48-22-12-13-23-49(48)50)42-30-26-40(27-31-42)46-33-44(37-16-6-2-7-17-37)32-45(34-46)38-18-8-3-9-19-38/h1-35H. The first-order valence-electron chi connectivity index (χ1n) is 18.9. The summed E-state index contributed by atoms with van der Waals surface area (Å²) < 4.78 is 0. The van der Waals surface area contributed by atoms with Crippen molar-refractivity contribution >= 4 is 21.5 Å². The third-order valence-electron chi connectivity index (χ3n) is 10.5. The maximum Gasteiger partial charge on any atom is 0.164 e. The van der Waals surface area contributed by atoms with Crippen molar-refractivity contribution in [2.24, 2.45) is 0 Å². The zero-order chi connectivity index (χ0) is 37.3. The van der Waals surface area contributed by atoms with Crippen molar-refractivity contribution in [3.63, 3.8) is 0 Å². The maximum absolute atomic E-state index is 5.21. The molecule has 0 saturated heterocycles. The molecule has 262 valence electrons. The Morgan fingerprint density at radius 2 is 0.554 bits per heavy atom. The van der Waals surface area contributed by atoms with Crippen molar-refractivity contribution in [1.29, 1.82) is 0 Å². The van der Waals surface area contributed by atoms with Crippen LogP contribution in [-0.2, 0) is 0 Å². The van der Waals surface area contributed by atoms with E-state index in [1.54, 1.807) is 0 Å². The second-order valence-corrected chi connectivity index (χ2v) is 14.0. The van der Waals surface area contributed by atoms with Gasteiger partial charge in [0.15, 0.2) is 17.5 Å². The fourth-order valence-electron chi connectivity index (χ4n) is 7.64. The molecule has 0 saturated carbocycles. The average molecular weight is 714 g/mol. The van der Waals surface area contributed by atoms with E-state index in [9.17, 15) is 0 Å². The largest absolute Gasteiger partial charge is 0.208 e. The predicted octanol–water partition coefficient (Wildman–Crippen LogP) is 13.8. The van der Waals surface area contributed by atoms with Gasteiger partial charge in [-0.15, -0.1) is 0 Å². The number of hydrogen-bond donors (Lipinski definition) is 0. The number of nitrogens with zero attached hydrogens (tertiary/aromatic N) is 3. The highest BCUT2D eigenvalue weighted by molar-refractivity contribution is 6.13. The fraction of sp³-hybridized carbons (Fsp3) is 0. The molecule has 3 heteroatoms. The van der Waals surface area contributed by atoms with E-state index in [1.165, 1.54) is 38.6 Å². The van der Waals surface area contributed by atoms with Crippen molar-refractivity contribution in [1.82, 2.24) is 15.0 Å². The molecule has 0 amide bonds. The van der Waals surface area contributed by atoms with E-state index in [1.807, 2.05) is 6.07 Å². The van der Waals surface area contributed by atoms with E-state index in [-0.39, 0.29) is 0 Å². The van der Waals surface area contributed by atoms with Crippen LogP contribution in [0.2, 0.25) is 0 Å². The zero-order valence-electron chi connectivity index (χ0n) is 30.5. The molecule has 0 bridgehead atoms. The summed E-state index contributed by atoms with van der Waals surface area (Å²) in [5, 5.41) is 4.64. The Kier molecular flexibility index (Phi) is 8.51. The van der Waals surface area contributed by atoms with Gasteiger partial charge in [0.1, 0.15) is 0 Å². The molecule has 0 fully saturated rings. The summed E-state index contributed by atoms with van der Waals surface area (Å²) in [4.78, 5) is 15.5. The highest BCUT2D eigenvalue weighted by Crippen LogP contribution is 2.37. The molecule has 9 aromatic carbocycles. The van der Waals surface area contributed by atoms with Crippen LogP contribution in [0.3, 0.4) is 0 Å². The van der Waals surface area contributed by atoms with Crippen molar-refractivity contribution in [2.75, 3.05) is 0 Å². The zero-order valence-corrected chi connectivity index (χ0v) is 30.5. The summed E-state index contributed by atoms with van der Waals surface area (Å²) in [5.41, 5.74) is 12.2. The van der Waals surface area contributed by atoms with Crippen LogP contribution in [0, 0.1) is 0 Å². The van der Waals surface area contributed by atoms with Crippen LogP contribution >= 0.6 is 0 Å². The molecule has 1 aromatic heterocycles. The molecule has 0 atom stereocenters. The minimum Gasteiger partial charge on any atom is -0.208 e. The van der Waals surface area contributed by atoms with Gasteiger partial charge in [0.2, 0.25) is 0 Å². The third kappa shape index (κ3) is 6.42. The Morgan fingerprint density at radius 3 is 1.05 bits per heavy atom. The molecular weight excluding hydrogens is 679 g/mol. The molecule has 3 nitrogen and oxygen atoms in total. The Balaban J connectivity index is 1.10. The molecule has 10 rings (SSSR count). The lowest BCUT2D eigenvalue weighted by Gasteiger charge is -2.13. The lowest BCUT2D eigenvalue weighted by molar-refractivity contribution is 1.08. The predicted molar refractivity (Wildman–Crippen MR) is 233 cm³/mol. The number of hydrogen-bond acceptors (Lipinski definition) is 3. The Labute approximate surface area is 326 Å². The second kappa shape index (κ2) is 14.4. The van der Waals surface area contributed by atoms with Gasteiger partial charge in [-0.1, -0.05) is 188 Å². The summed E-state index contributed by atoms with van der Waals surface area (Å²) in [7, 11) is 0. The van der Waals surface area contributed by atoms with E-state index in [4.69, 9.17) is 15.0 Å². The minimum atomic E-state index is 0.629. The van der Waals surface area contributed by atoms with Gasteiger partial charge in [0.25, 0.3) is 0 Å². The molecule has 0 aliphatic carbocycles. The van der Waals surface area contributed by atoms with Crippen LogP contribution in [0.1, 0.15) is 0 Å². The average Bonchev–Trinajstić information content (AvgIpc) is 3.29. The van der Waals surface area contributed by atoms with Gasteiger partial charge in [0, 0.05) is 16.7 Å². The molecule has 1 heterocycles. The SMILES string of the molecule is c1ccc(-c2ccc(-c3nc(-c4ccc(-c5cc(-c6ccccc6)cc(-c6ccccc6)c5)cc4)nc(-c4cc5ccccc5c5ccccc45)n3)cc2)cc1. The molecule has 0 radical (unpaired) electrons. The first-order chi connectivity index (χ1) is 27.7. The van der Waals surface area contributed by atoms with Crippen molar-refractivity contribution < 1.29 is 0 Å². The van der Waals surface area contributed by atoms with Crippen molar-refractivity contribution in [3.05, 3.63) is 212 Å². The molecule has 0 aliphatic rings. The van der Waals surface area contributed by atoms with Crippen LogP contribution in [0.15, 0.2) is 212 Å². The summed E-state index contributed by atoms with van der Waals surface area (Å²) in [6.45, 7) is 0. The molecule has 0 N–H and O–H groups in total. The minimum absolute atomic E-state index is 0.629. The Morgan fingerprint density at radius 1 is 0.214 bits per heavy atom. The van der Waals surface area contributed by atoms with Gasteiger partial charge in [-0.05, 0) is 90.3 Å². The molecule has 0 aliphatic heterocycles. The van der Waals surface area contributed by atoms with E-state index >= 15 is 0 Å². The monoisotopic (exact) mass is 713 g/mol. The Hall–Kier alpha value is -7.49. The molecule has 0 unspecified atom stereocenters. The van der Waals surface area contributed by atoms with Crippen LogP contribution < -0.4 is 0 Å². The molecule has 56 heavy (non-hydrogen) atoms. The van der Waals surface area contributed by atoms with Crippen LogP contribution in [0.5, 0.6) is 0 Å². The van der Waals surface area contributed by atoms with Crippen molar-refractivity contribution in [2.45, 2.75) is 0 Å². The van der Waals surface area contributed by atoms with Gasteiger partial charge in [-0.25, -0.2) is 15.0 Å². The molecule has 10 aromatic rings. The maximum atomic E-state index is 5.21.